The molecule has 0 aliphatic carbocycles. The minimum atomic E-state index is -0.151. The second-order valence-electron chi connectivity index (χ2n) is 6.40. The molecule has 2 heterocycles. The largest absolute Gasteiger partial charge is 0.379 e. The average Bonchev–Trinajstić information content (AvgIpc) is 2.69. The third-order valence-corrected chi connectivity index (χ3v) is 4.29. The van der Waals surface area contributed by atoms with E-state index in [4.69, 9.17) is 4.74 Å². The van der Waals surface area contributed by atoms with Crippen LogP contribution in [0, 0.1) is 0 Å². The van der Waals surface area contributed by atoms with E-state index in [2.05, 4.69) is 20.2 Å². The third-order valence-electron chi connectivity index (χ3n) is 4.29. The number of rotatable bonds is 6. The van der Waals surface area contributed by atoms with E-state index >= 15 is 0 Å². The first kappa shape index (κ1) is 18.3. The molecule has 1 N–H and O–H groups in total. The van der Waals surface area contributed by atoms with E-state index in [-0.39, 0.29) is 5.91 Å². The average molecular weight is 355 g/mol. The van der Waals surface area contributed by atoms with Crippen molar-refractivity contribution in [3.8, 4) is 11.4 Å². The van der Waals surface area contributed by atoms with Gasteiger partial charge in [-0.2, -0.15) is 0 Å². The molecule has 0 spiro atoms. The Bertz CT molecular complexity index is 730. The van der Waals surface area contributed by atoms with Crippen molar-refractivity contribution in [1.29, 1.82) is 0 Å². The second kappa shape index (κ2) is 8.73. The van der Waals surface area contributed by atoms with Crippen LogP contribution in [0.3, 0.4) is 0 Å². The fraction of sp³-hybridized carbons (Fsp3) is 0.421. The number of amides is 1. The van der Waals surface area contributed by atoms with Crippen LogP contribution in [0.2, 0.25) is 0 Å². The van der Waals surface area contributed by atoms with E-state index in [0.29, 0.717) is 23.8 Å². The van der Waals surface area contributed by atoms with Crippen LogP contribution in [-0.2, 0) is 4.74 Å². The molecular weight excluding hydrogens is 330 g/mol. The Labute approximate surface area is 154 Å². The summed E-state index contributed by atoms with van der Waals surface area (Å²) in [6.45, 7) is 4.74. The monoisotopic (exact) mass is 355 g/mol. The summed E-state index contributed by atoms with van der Waals surface area (Å²) < 4.78 is 5.34. The van der Waals surface area contributed by atoms with Crippen molar-refractivity contribution in [2.24, 2.45) is 0 Å². The van der Waals surface area contributed by atoms with Crippen molar-refractivity contribution in [1.82, 2.24) is 20.2 Å². The summed E-state index contributed by atoms with van der Waals surface area (Å²) >= 11 is 0. The molecule has 0 atom stereocenters. The molecule has 7 heteroatoms. The van der Waals surface area contributed by atoms with Crippen LogP contribution >= 0.6 is 0 Å². The van der Waals surface area contributed by atoms with Gasteiger partial charge in [0.2, 0.25) is 0 Å². The zero-order valence-electron chi connectivity index (χ0n) is 15.3. The van der Waals surface area contributed by atoms with Crippen molar-refractivity contribution in [2.75, 3.05) is 58.4 Å². The Hall–Kier alpha value is -2.51. The lowest BCUT2D eigenvalue weighted by Gasteiger charge is -2.26. The van der Waals surface area contributed by atoms with Gasteiger partial charge in [-0.15, -0.1) is 0 Å². The Morgan fingerprint density at radius 2 is 1.96 bits per heavy atom. The van der Waals surface area contributed by atoms with Crippen molar-refractivity contribution < 1.29 is 9.53 Å². The molecular formula is C19H25N5O2. The molecule has 1 aliphatic rings. The fourth-order valence-electron chi connectivity index (χ4n) is 2.85. The van der Waals surface area contributed by atoms with Gasteiger partial charge in [0.15, 0.2) is 5.82 Å². The number of carbonyl (C=O) groups excluding carboxylic acids is 1. The molecule has 0 saturated carbocycles. The van der Waals surface area contributed by atoms with Gasteiger partial charge >= 0.3 is 0 Å². The zero-order valence-corrected chi connectivity index (χ0v) is 15.3. The van der Waals surface area contributed by atoms with Gasteiger partial charge in [0, 0.05) is 52.0 Å². The first-order chi connectivity index (χ1) is 12.6. The van der Waals surface area contributed by atoms with Gasteiger partial charge in [-0.05, 0) is 0 Å². The number of nitrogens with zero attached hydrogens (tertiary/aromatic N) is 4. The topological polar surface area (TPSA) is 70.6 Å². The maximum absolute atomic E-state index is 12.6. The lowest BCUT2D eigenvalue weighted by atomic mass is 10.2. The number of aromatic nitrogens is 2. The van der Waals surface area contributed by atoms with Crippen LogP contribution in [-0.4, -0.2) is 74.3 Å². The molecule has 0 radical (unpaired) electrons. The zero-order chi connectivity index (χ0) is 18.4. The van der Waals surface area contributed by atoms with E-state index in [1.54, 1.807) is 6.20 Å². The van der Waals surface area contributed by atoms with Crippen molar-refractivity contribution in [3.63, 3.8) is 0 Å². The highest BCUT2D eigenvalue weighted by Crippen LogP contribution is 2.20. The van der Waals surface area contributed by atoms with Crippen LogP contribution < -0.4 is 10.2 Å². The number of ether oxygens (including phenoxy) is 1. The van der Waals surface area contributed by atoms with Crippen molar-refractivity contribution in [2.45, 2.75) is 0 Å². The molecule has 1 aromatic heterocycles. The molecule has 3 rings (SSSR count). The minimum absolute atomic E-state index is 0.151. The fourth-order valence-corrected chi connectivity index (χ4v) is 2.85. The normalized spacial score (nSPS) is 14.8. The number of anilines is 1. The number of nitrogens with one attached hydrogen (secondary N) is 1. The van der Waals surface area contributed by atoms with Gasteiger partial charge in [0.05, 0.1) is 13.2 Å². The van der Waals surface area contributed by atoms with Gasteiger partial charge in [0.1, 0.15) is 11.4 Å². The molecule has 2 aromatic rings. The Morgan fingerprint density at radius 1 is 1.23 bits per heavy atom. The highest BCUT2D eigenvalue weighted by Gasteiger charge is 2.17. The molecule has 1 fully saturated rings. The van der Waals surface area contributed by atoms with E-state index in [1.165, 1.54) is 0 Å². The Balaban J connectivity index is 1.68. The molecule has 1 aliphatic heterocycles. The predicted octanol–water partition coefficient (Wildman–Crippen LogP) is 1.27. The summed E-state index contributed by atoms with van der Waals surface area (Å²) in [5.41, 5.74) is 1.41. The van der Waals surface area contributed by atoms with Crippen molar-refractivity contribution >= 4 is 11.7 Å². The smallest absolute Gasteiger partial charge is 0.256 e. The van der Waals surface area contributed by atoms with Crippen LogP contribution in [0.1, 0.15) is 10.4 Å². The summed E-state index contributed by atoms with van der Waals surface area (Å²) in [5.74, 6) is 1.07. The van der Waals surface area contributed by atoms with Crippen LogP contribution in [0.25, 0.3) is 11.4 Å². The lowest BCUT2D eigenvalue weighted by molar-refractivity contribution is 0.0383. The summed E-state index contributed by atoms with van der Waals surface area (Å²) in [7, 11) is 3.75. The molecule has 1 saturated heterocycles. The molecule has 26 heavy (non-hydrogen) atoms. The molecule has 1 amide bonds. The first-order valence-corrected chi connectivity index (χ1v) is 8.83. The van der Waals surface area contributed by atoms with Gasteiger partial charge in [-0.1, -0.05) is 30.3 Å². The maximum atomic E-state index is 12.6. The van der Waals surface area contributed by atoms with Gasteiger partial charge < -0.3 is 15.0 Å². The summed E-state index contributed by atoms with van der Waals surface area (Å²) in [6, 6.07) is 9.75. The predicted molar refractivity (Wildman–Crippen MR) is 101 cm³/mol. The molecule has 0 unspecified atom stereocenters. The van der Waals surface area contributed by atoms with Gasteiger partial charge in [-0.3, -0.25) is 9.69 Å². The standard InChI is InChI=1S/C19H25N5O2/c1-23(2)18-16(14-21-17(22-18)15-6-4-3-5-7-15)19(25)20-8-9-24-10-12-26-13-11-24/h3-7,14H,8-13H2,1-2H3,(H,20,25). The number of morpholine rings is 1. The number of hydrogen-bond donors (Lipinski definition) is 1. The van der Waals surface area contributed by atoms with Gasteiger partial charge in [-0.25, -0.2) is 9.97 Å². The van der Waals surface area contributed by atoms with Crippen LogP contribution in [0.4, 0.5) is 5.82 Å². The Morgan fingerprint density at radius 3 is 2.65 bits per heavy atom. The van der Waals surface area contributed by atoms with E-state index in [9.17, 15) is 4.79 Å². The van der Waals surface area contributed by atoms with E-state index in [0.717, 1.165) is 38.4 Å². The van der Waals surface area contributed by atoms with Crippen LogP contribution in [0.5, 0.6) is 0 Å². The van der Waals surface area contributed by atoms with Gasteiger partial charge in [0.25, 0.3) is 5.91 Å². The van der Waals surface area contributed by atoms with E-state index < -0.39 is 0 Å². The highest BCUT2D eigenvalue weighted by atomic mass is 16.5. The quantitative estimate of drug-likeness (QED) is 0.842. The third kappa shape index (κ3) is 4.56. The second-order valence-corrected chi connectivity index (χ2v) is 6.40. The summed E-state index contributed by atoms with van der Waals surface area (Å²) in [6.07, 6.45) is 1.61. The number of carbonyl (C=O) groups is 1. The maximum Gasteiger partial charge on any atom is 0.256 e. The molecule has 138 valence electrons. The van der Waals surface area contributed by atoms with Crippen molar-refractivity contribution in [3.05, 3.63) is 42.1 Å². The van der Waals surface area contributed by atoms with Crippen LogP contribution in [0.15, 0.2) is 36.5 Å². The number of hydrogen-bond acceptors (Lipinski definition) is 6. The first-order valence-electron chi connectivity index (χ1n) is 8.83. The highest BCUT2D eigenvalue weighted by molar-refractivity contribution is 5.98. The minimum Gasteiger partial charge on any atom is -0.379 e. The Kier molecular flexibility index (Phi) is 6.14. The number of benzene rings is 1. The summed E-state index contributed by atoms with van der Waals surface area (Å²) in [5, 5.41) is 2.97. The molecule has 7 nitrogen and oxygen atoms in total. The lowest BCUT2D eigenvalue weighted by Crippen LogP contribution is -2.41. The van der Waals surface area contributed by atoms with E-state index in [1.807, 2.05) is 49.3 Å². The molecule has 0 bridgehead atoms. The SMILES string of the molecule is CN(C)c1nc(-c2ccccc2)ncc1C(=O)NCCN1CCOCC1. The summed E-state index contributed by atoms with van der Waals surface area (Å²) in [4.78, 5) is 25.7. The molecule has 1 aromatic carbocycles.